The molecule has 0 aromatic carbocycles. The Kier molecular flexibility index (Phi) is 15.4. The summed E-state index contributed by atoms with van der Waals surface area (Å²) in [5.41, 5.74) is 5.38. The third-order valence-corrected chi connectivity index (χ3v) is 2.56. The molecule has 0 rings (SSSR count). The van der Waals surface area contributed by atoms with E-state index < -0.39 is 0 Å². The van der Waals surface area contributed by atoms with Crippen LogP contribution < -0.4 is 11.1 Å². The Morgan fingerprint density at radius 1 is 1.24 bits per heavy atom. The second-order valence-corrected chi connectivity index (χ2v) is 4.29. The highest BCUT2D eigenvalue weighted by molar-refractivity contribution is 5.85. The van der Waals surface area contributed by atoms with Gasteiger partial charge in [0.05, 0.1) is 0 Å². The maximum atomic E-state index is 11.5. The van der Waals surface area contributed by atoms with Crippen molar-refractivity contribution in [2.75, 3.05) is 13.2 Å². The van der Waals surface area contributed by atoms with Crippen LogP contribution in [0.1, 0.15) is 51.9 Å². The first-order valence-electron chi connectivity index (χ1n) is 6.31. The van der Waals surface area contributed by atoms with Crippen LogP contribution in [0.4, 0.5) is 0 Å². The van der Waals surface area contributed by atoms with E-state index in [1.807, 2.05) is 6.92 Å². The van der Waals surface area contributed by atoms with Crippen molar-refractivity contribution in [1.82, 2.24) is 5.32 Å². The molecule has 1 unspecified atom stereocenters. The number of aliphatic hydroxyl groups excluding tert-OH is 1. The van der Waals surface area contributed by atoms with Crippen molar-refractivity contribution in [1.29, 1.82) is 0 Å². The minimum absolute atomic E-state index is 0. The lowest BCUT2D eigenvalue weighted by Crippen LogP contribution is -2.32. The van der Waals surface area contributed by atoms with Crippen molar-refractivity contribution in [2.45, 2.75) is 57.9 Å². The minimum atomic E-state index is 0. The quantitative estimate of drug-likeness (QED) is 0.526. The predicted octanol–water partition coefficient (Wildman–Crippen LogP) is 1.59. The van der Waals surface area contributed by atoms with Crippen molar-refractivity contribution in [3.05, 3.63) is 0 Å². The van der Waals surface area contributed by atoms with E-state index in [4.69, 9.17) is 10.8 Å². The lowest BCUT2D eigenvalue weighted by Gasteiger charge is -2.12. The van der Waals surface area contributed by atoms with E-state index in [-0.39, 0.29) is 31.0 Å². The number of aliphatic hydroxyl groups is 1. The minimum Gasteiger partial charge on any atom is -0.396 e. The molecule has 17 heavy (non-hydrogen) atoms. The number of hydrogen-bond acceptors (Lipinski definition) is 3. The Hall–Kier alpha value is -0.320. The lowest BCUT2D eigenvalue weighted by atomic mass is 10.1. The number of unbranched alkanes of at least 4 members (excludes halogenated alkanes) is 3. The zero-order valence-corrected chi connectivity index (χ0v) is 11.6. The van der Waals surface area contributed by atoms with Crippen LogP contribution in [0.3, 0.4) is 0 Å². The predicted molar refractivity (Wildman–Crippen MR) is 73.3 cm³/mol. The normalized spacial score (nSPS) is 11.7. The third kappa shape index (κ3) is 13.6. The first-order valence-corrected chi connectivity index (χ1v) is 6.31. The zero-order chi connectivity index (χ0) is 12.2. The second kappa shape index (κ2) is 13.7. The highest BCUT2D eigenvalue weighted by atomic mass is 35.5. The highest BCUT2D eigenvalue weighted by Gasteiger charge is 2.06. The summed E-state index contributed by atoms with van der Waals surface area (Å²) in [7, 11) is 0. The molecule has 0 heterocycles. The van der Waals surface area contributed by atoms with Gasteiger partial charge in [0, 0.05) is 19.1 Å². The Balaban J connectivity index is 0. The van der Waals surface area contributed by atoms with Gasteiger partial charge in [-0.05, 0) is 39.2 Å². The number of halogens is 1. The van der Waals surface area contributed by atoms with Gasteiger partial charge in [-0.15, -0.1) is 12.4 Å². The molecule has 1 amide bonds. The number of carbonyl (C=O) groups excluding carboxylic acids is 1. The van der Waals surface area contributed by atoms with Crippen LogP contribution in [0.25, 0.3) is 0 Å². The van der Waals surface area contributed by atoms with Gasteiger partial charge in [0.2, 0.25) is 5.91 Å². The number of nitrogens with one attached hydrogen (secondary N) is 1. The van der Waals surface area contributed by atoms with Crippen LogP contribution in [0.5, 0.6) is 0 Å². The van der Waals surface area contributed by atoms with Crippen LogP contribution in [0.2, 0.25) is 0 Å². The molecular weight excluding hydrogens is 240 g/mol. The summed E-state index contributed by atoms with van der Waals surface area (Å²) < 4.78 is 0. The van der Waals surface area contributed by atoms with Crippen LogP contribution >= 0.6 is 12.4 Å². The molecule has 0 spiro atoms. The van der Waals surface area contributed by atoms with Crippen LogP contribution in [0.15, 0.2) is 0 Å². The molecule has 0 aromatic heterocycles. The van der Waals surface area contributed by atoms with Crippen molar-refractivity contribution in [3.8, 4) is 0 Å². The van der Waals surface area contributed by atoms with Gasteiger partial charge in [-0.25, -0.2) is 0 Å². The average molecular weight is 267 g/mol. The van der Waals surface area contributed by atoms with E-state index in [9.17, 15) is 4.79 Å². The van der Waals surface area contributed by atoms with Crippen LogP contribution in [-0.4, -0.2) is 30.2 Å². The number of amides is 1. The summed E-state index contributed by atoms with van der Waals surface area (Å²) in [5.74, 6) is 0.123. The number of nitrogens with two attached hydrogens (primary N) is 1. The van der Waals surface area contributed by atoms with E-state index in [0.717, 1.165) is 45.1 Å². The second-order valence-electron chi connectivity index (χ2n) is 4.29. The Morgan fingerprint density at radius 3 is 2.47 bits per heavy atom. The number of rotatable bonds is 10. The molecule has 0 aliphatic rings. The maximum Gasteiger partial charge on any atom is 0.220 e. The molecule has 0 saturated carbocycles. The number of hydrogen-bond donors (Lipinski definition) is 3. The molecule has 0 aliphatic heterocycles. The van der Waals surface area contributed by atoms with E-state index in [2.05, 4.69) is 5.32 Å². The molecule has 0 aromatic rings. The summed E-state index contributed by atoms with van der Waals surface area (Å²) >= 11 is 0. The van der Waals surface area contributed by atoms with Gasteiger partial charge in [0.15, 0.2) is 0 Å². The summed E-state index contributed by atoms with van der Waals surface area (Å²) in [4.78, 5) is 11.5. The highest BCUT2D eigenvalue weighted by Crippen LogP contribution is 2.03. The third-order valence-electron chi connectivity index (χ3n) is 2.56. The molecule has 104 valence electrons. The Morgan fingerprint density at radius 2 is 1.88 bits per heavy atom. The molecule has 5 heteroatoms. The summed E-state index contributed by atoms with van der Waals surface area (Å²) in [6.07, 6.45) is 6.38. The van der Waals surface area contributed by atoms with Crippen molar-refractivity contribution in [3.63, 3.8) is 0 Å². The molecule has 1 atom stereocenters. The molecule has 0 fully saturated rings. The molecule has 4 N–H and O–H groups in total. The van der Waals surface area contributed by atoms with Crippen LogP contribution in [0, 0.1) is 0 Å². The molecular formula is C12H27ClN2O2. The topological polar surface area (TPSA) is 75.3 Å². The SMILES string of the molecule is CC(CCCO)NC(=O)CCCCCCN.Cl. The fraction of sp³-hybridized carbons (Fsp3) is 0.917. The van der Waals surface area contributed by atoms with Gasteiger partial charge in [-0.3, -0.25) is 4.79 Å². The van der Waals surface area contributed by atoms with Crippen molar-refractivity contribution in [2.24, 2.45) is 5.73 Å². The largest absolute Gasteiger partial charge is 0.396 e. The fourth-order valence-electron chi connectivity index (χ4n) is 1.60. The van der Waals surface area contributed by atoms with Gasteiger partial charge in [-0.1, -0.05) is 12.8 Å². The van der Waals surface area contributed by atoms with Gasteiger partial charge in [0.25, 0.3) is 0 Å². The first kappa shape index (κ1) is 19.0. The summed E-state index contributed by atoms with van der Waals surface area (Å²) in [6.45, 7) is 2.91. The molecule has 0 bridgehead atoms. The van der Waals surface area contributed by atoms with Gasteiger partial charge < -0.3 is 16.2 Å². The first-order chi connectivity index (χ1) is 7.70. The van der Waals surface area contributed by atoms with Gasteiger partial charge >= 0.3 is 0 Å². The Bertz CT molecular complexity index is 180. The zero-order valence-electron chi connectivity index (χ0n) is 10.8. The van der Waals surface area contributed by atoms with Gasteiger partial charge in [-0.2, -0.15) is 0 Å². The van der Waals surface area contributed by atoms with E-state index in [0.29, 0.717) is 6.42 Å². The molecule has 4 nitrogen and oxygen atoms in total. The summed E-state index contributed by atoms with van der Waals surface area (Å²) in [6, 6.07) is 0.170. The van der Waals surface area contributed by atoms with Crippen LogP contribution in [-0.2, 0) is 4.79 Å². The van der Waals surface area contributed by atoms with Crippen molar-refractivity contribution < 1.29 is 9.90 Å². The van der Waals surface area contributed by atoms with Crippen molar-refractivity contribution >= 4 is 18.3 Å². The lowest BCUT2D eigenvalue weighted by molar-refractivity contribution is -0.121. The van der Waals surface area contributed by atoms with Gasteiger partial charge in [0.1, 0.15) is 0 Å². The van der Waals surface area contributed by atoms with E-state index in [1.165, 1.54) is 0 Å². The Labute approximate surface area is 111 Å². The van der Waals surface area contributed by atoms with E-state index in [1.54, 1.807) is 0 Å². The fourth-order valence-corrected chi connectivity index (χ4v) is 1.60. The maximum absolute atomic E-state index is 11.5. The molecule has 0 aliphatic carbocycles. The number of carbonyl (C=O) groups is 1. The average Bonchev–Trinajstić information content (AvgIpc) is 2.26. The molecule has 0 saturated heterocycles. The smallest absolute Gasteiger partial charge is 0.220 e. The molecule has 0 radical (unpaired) electrons. The van der Waals surface area contributed by atoms with E-state index >= 15 is 0 Å². The summed E-state index contributed by atoms with van der Waals surface area (Å²) in [5, 5.41) is 11.6. The monoisotopic (exact) mass is 266 g/mol. The standard InChI is InChI=1S/C12H26N2O2.ClH/c1-11(7-6-10-15)14-12(16)8-4-2-3-5-9-13;/h11,15H,2-10,13H2,1H3,(H,14,16);1H.